The van der Waals surface area contributed by atoms with E-state index in [9.17, 15) is 0 Å². The molecule has 0 aliphatic heterocycles. The molecular formula is C18H22S. The smallest absolute Gasteiger partial charge is 0.00754 e. The molecule has 0 spiro atoms. The summed E-state index contributed by atoms with van der Waals surface area (Å²) in [5, 5.41) is 0. The minimum atomic E-state index is 0.217. The fourth-order valence-electron chi connectivity index (χ4n) is 2.19. The van der Waals surface area contributed by atoms with Gasteiger partial charge in [-0.2, -0.15) is 0 Å². The number of hydrogen-bond donors (Lipinski definition) is 0. The standard InChI is InChI=1S/C18H22S/c1-13-6-11-16(19-5)12-17(13)14-7-9-15(10-8-14)18(2,3)4/h6-12H,1-5H3. The Kier molecular flexibility index (Phi) is 4.05. The van der Waals surface area contributed by atoms with Gasteiger partial charge in [-0.25, -0.2) is 0 Å². The summed E-state index contributed by atoms with van der Waals surface area (Å²) in [6.45, 7) is 8.93. The highest BCUT2D eigenvalue weighted by Crippen LogP contribution is 2.30. The zero-order valence-corrected chi connectivity index (χ0v) is 13.3. The molecule has 0 nitrogen and oxygen atoms in total. The maximum absolute atomic E-state index is 2.28. The number of benzene rings is 2. The molecule has 0 aromatic heterocycles. The van der Waals surface area contributed by atoms with Gasteiger partial charge in [0.15, 0.2) is 0 Å². The lowest BCUT2D eigenvalue weighted by Gasteiger charge is -2.19. The molecule has 0 saturated carbocycles. The third kappa shape index (κ3) is 3.22. The Labute approximate surface area is 121 Å². The van der Waals surface area contributed by atoms with Crippen LogP contribution >= 0.6 is 11.8 Å². The van der Waals surface area contributed by atoms with Crippen molar-refractivity contribution in [3.8, 4) is 11.1 Å². The van der Waals surface area contributed by atoms with Crippen molar-refractivity contribution in [2.45, 2.75) is 38.0 Å². The predicted molar refractivity (Wildman–Crippen MR) is 87.1 cm³/mol. The molecule has 2 aromatic rings. The van der Waals surface area contributed by atoms with Gasteiger partial charge in [-0.3, -0.25) is 0 Å². The molecule has 100 valence electrons. The molecule has 0 aliphatic rings. The third-order valence-corrected chi connectivity index (χ3v) is 4.23. The normalized spacial score (nSPS) is 11.6. The minimum absolute atomic E-state index is 0.217. The van der Waals surface area contributed by atoms with Crippen molar-refractivity contribution in [1.29, 1.82) is 0 Å². The zero-order chi connectivity index (χ0) is 14.0. The van der Waals surface area contributed by atoms with E-state index in [-0.39, 0.29) is 5.41 Å². The second-order valence-electron chi connectivity index (χ2n) is 6.01. The third-order valence-electron chi connectivity index (χ3n) is 3.51. The van der Waals surface area contributed by atoms with Crippen molar-refractivity contribution in [3.63, 3.8) is 0 Å². The van der Waals surface area contributed by atoms with E-state index in [0.717, 1.165) is 0 Å². The molecule has 0 N–H and O–H groups in total. The number of thioether (sulfide) groups is 1. The van der Waals surface area contributed by atoms with Crippen LogP contribution in [0.5, 0.6) is 0 Å². The molecule has 0 fully saturated rings. The lowest BCUT2D eigenvalue weighted by molar-refractivity contribution is 0.590. The van der Waals surface area contributed by atoms with Crippen molar-refractivity contribution in [2.75, 3.05) is 6.26 Å². The first kappa shape index (κ1) is 14.2. The van der Waals surface area contributed by atoms with Crippen LogP contribution in [0.25, 0.3) is 11.1 Å². The van der Waals surface area contributed by atoms with Gasteiger partial charge in [-0.1, -0.05) is 51.1 Å². The van der Waals surface area contributed by atoms with E-state index >= 15 is 0 Å². The fraction of sp³-hybridized carbons (Fsp3) is 0.333. The van der Waals surface area contributed by atoms with E-state index < -0.39 is 0 Å². The minimum Gasteiger partial charge on any atom is -0.130 e. The summed E-state index contributed by atoms with van der Waals surface area (Å²) in [6, 6.07) is 15.7. The Balaban J connectivity index is 2.42. The second kappa shape index (κ2) is 5.42. The Bertz CT molecular complexity index is 559. The molecular weight excluding hydrogens is 248 g/mol. The lowest BCUT2D eigenvalue weighted by atomic mass is 9.86. The van der Waals surface area contributed by atoms with E-state index in [1.54, 1.807) is 11.8 Å². The molecule has 0 amide bonds. The molecule has 0 radical (unpaired) electrons. The van der Waals surface area contributed by atoms with Crippen LogP contribution in [0.2, 0.25) is 0 Å². The first-order valence-electron chi connectivity index (χ1n) is 6.67. The van der Waals surface area contributed by atoms with Crippen LogP contribution < -0.4 is 0 Å². The average Bonchev–Trinajstić information content (AvgIpc) is 2.38. The molecule has 0 saturated heterocycles. The van der Waals surface area contributed by atoms with E-state index in [1.165, 1.54) is 27.1 Å². The number of rotatable bonds is 2. The Morgan fingerprint density at radius 2 is 1.53 bits per heavy atom. The van der Waals surface area contributed by atoms with Gasteiger partial charge < -0.3 is 0 Å². The van der Waals surface area contributed by atoms with Gasteiger partial charge in [0, 0.05) is 4.90 Å². The van der Waals surface area contributed by atoms with Gasteiger partial charge in [0.1, 0.15) is 0 Å². The van der Waals surface area contributed by atoms with Crippen LogP contribution in [-0.4, -0.2) is 6.26 Å². The van der Waals surface area contributed by atoms with Crippen molar-refractivity contribution >= 4 is 11.8 Å². The molecule has 0 heterocycles. The van der Waals surface area contributed by atoms with Gasteiger partial charge in [-0.05, 0) is 53.0 Å². The average molecular weight is 270 g/mol. The summed E-state index contributed by atoms with van der Waals surface area (Å²) >= 11 is 1.79. The molecule has 1 heteroatoms. The SMILES string of the molecule is CSc1ccc(C)c(-c2ccc(C(C)(C)C)cc2)c1. The van der Waals surface area contributed by atoms with Crippen LogP contribution in [0.3, 0.4) is 0 Å². The highest BCUT2D eigenvalue weighted by Gasteiger charge is 2.13. The highest BCUT2D eigenvalue weighted by molar-refractivity contribution is 7.98. The van der Waals surface area contributed by atoms with Gasteiger partial charge in [0.05, 0.1) is 0 Å². The van der Waals surface area contributed by atoms with Crippen molar-refractivity contribution in [2.24, 2.45) is 0 Å². The van der Waals surface area contributed by atoms with Gasteiger partial charge in [0.25, 0.3) is 0 Å². The molecule has 0 bridgehead atoms. The van der Waals surface area contributed by atoms with Crippen LogP contribution in [0.15, 0.2) is 47.4 Å². The zero-order valence-electron chi connectivity index (χ0n) is 12.4. The van der Waals surface area contributed by atoms with Crippen molar-refractivity contribution in [3.05, 3.63) is 53.6 Å². The van der Waals surface area contributed by atoms with E-state index in [0.29, 0.717) is 0 Å². The van der Waals surface area contributed by atoms with Crippen molar-refractivity contribution < 1.29 is 0 Å². The van der Waals surface area contributed by atoms with E-state index in [4.69, 9.17) is 0 Å². The molecule has 2 rings (SSSR count). The highest BCUT2D eigenvalue weighted by atomic mass is 32.2. The van der Waals surface area contributed by atoms with Crippen molar-refractivity contribution in [1.82, 2.24) is 0 Å². The first-order valence-corrected chi connectivity index (χ1v) is 7.90. The van der Waals surface area contributed by atoms with E-state index in [1.807, 2.05) is 0 Å². The molecule has 0 aliphatic carbocycles. The molecule has 19 heavy (non-hydrogen) atoms. The monoisotopic (exact) mass is 270 g/mol. The van der Waals surface area contributed by atoms with E-state index in [2.05, 4.69) is 76.4 Å². The number of hydrogen-bond acceptors (Lipinski definition) is 1. The number of aryl methyl sites for hydroxylation is 1. The summed E-state index contributed by atoms with van der Waals surface area (Å²) in [6.07, 6.45) is 2.12. The van der Waals surface area contributed by atoms with Crippen LogP contribution in [-0.2, 0) is 5.41 Å². The molecule has 0 unspecified atom stereocenters. The summed E-state index contributed by atoms with van der Waals surface area (Å²) in [7, 11) is 0. The first-order chi connectivity index (χ1) is 8.91. The van der Waals surface area contributed by atoms with Gasteiger partial charge >= 0.3 is 0 Å². The maximum Gasteiger partial charge on any atom is 0.00754 e. The summed E-state index contributed by atoms with van der Waals surface area (Å²) < 4.78 is 0. The summed E-state index contributed by atoms with van der Waals surface area (Å²) in [5.74, 6) is 0. The summed E-state index contributed by atoms with van der Waals surface area (Å²) in [4.78, 5) is 1.32. The topological polar surface area (TPSA) is 0 Å². The van der Waals surface area contributed by atoms with Crippen LogP contribution in [0.4, 0.5) is 0 Å². The fourth-order valence-corrected chi connectivity index (χ4v) is 2.63. The molecule has 0 atom stereocenters. The van der Waals surface area contributed by atoms with Gasteiger partial charge in [-0.15, -0.1) is 11.8 Å². The Morgan fingerprint density at radius 1 is 0.895 bits per heavy atom. The molecule has 2 aromatic carbocycles. The Hall–Kier alpha value is -1.21. The summed E-state index contributed by atoms with van der Waals surface area (Å²) in [5.41, 5.74) is 5.58. The quantitative estimate of drug-likeness (QED) is 0.632. The second-order valence-corrected chi connectivity index (χ2v) is 6.89. The van der Waals surface area contributed by atoms with Crippen LogP contribution in [0.1, 0.15) is 31.9 Å². The van der Waals surface area contributed by atoms with Gasteiger partial charge in [0.2, 0.25) is 0 Å². The predicted octanol–water partition coefficient (Wildman–Crippen LogP) is 5.68. The van der Waals surface area contributed by atoms with Crippen LogP contribution in [0, 0.1) is 6.92 Å². The maximum atomic E-state index is 2.28. The lowest BCUT2D eigenvalue weighted by Crippen LogP contribution is -2.10. The Morgan fingerprint density at radius 3 is 2.05 bits per heavy atom. The largest absolute Gasteiger partial charge is 0.130 e.